The number of aliphatic imine (C=N–C) groups is 1. The maximum absolute atomic E-state index is 14.2. The normalized spacial score (nSPS) is 17.8. The highest BCUT2D eigenvalue weighted by Gasteiger charge is 2.52. The number of hydrazine groups is 1. The van der Waals surface area contributed by atoms with Crippen LogP contribution >= 0.6 is 11.6 Å². The highest BCUT2D eigenvalue weighted by atomic mass is 35.5. The van der Waals surface area contributed by atoms with E-state index in [9.17, 15) is 4.79 Å². The summed E-state index contributed by atoms with van der Waals surface area (Å²) in [5, 5.41) is 9.65. The van der Waals surface area contributed by atoms with Crippen LogP contribution in [0.2, 0.25) is 5.02 Å². The van der Waals surface area contributed by atoms with Crippen molar-refractivity contribution in [2.75, 3.05) is 13.2 Å². The first-order valence-electron chi connectivity index (χ1n) is 14.2. The van der Waals surface area contributed by atoms with Crippen molar-refractivity contribution in [1.82, 2.24) is 10.9 Å². The fourth-order valence-corrected chi connectivity index (χ4v) is 5.05. The maximum Gasteiger partial charge on any atom is 0.266 e. The molecule has 2 atom stereocenters. The van der Waals surface area contributed by atoms with Crippen molar-refractivity contribution >= 4 is 29.5 Å². The van der Waals surface area contributed by atoms with Crippen molar-refractivity contribution in [3.63, 3.8) is 0 Å². The van der Waals surface area contributed by atoms with Crippen molar-refractivity contribution in [1.29, 1.82) is 0 Å². The number of aliphatic hydroxyl groups excluding tert-OH is 1. The molecule has 0 unspecified atom stereocenters. The van der Waals surface area contributed by atoms with E-state index in [1.807, 2.05) is 121 Å². The lowest BCUT2D eigenvalue weighted by atomic mass is 9.84. The van der Waals surface area contributed by atoms with E-state index in [-0.39, 0.29) is 18.9 Å². The van der Waals surface area contributed by atoms with E-state index in [4.69, 9.17) is 31.2 Å². The molecule has 0 radical (unpaired) electrons. The Kier molecular flexibility index (Phi) is 10.2. The number of nitrogens with zero attached hydrogens (tertiary/aromatic N) is 1. The van der Waals surface area contributed by atoms with Crippen LogP contribution in [0, 0.1) is 0 Å². The summed E-state index contributed by atoms with van der Waals surface area (Å²) >= 11 is 6.33. The summed E-state index contributed by atoms with van der Waals surface area (Å²) in [6.07, 6.45) is 4.10. The lowest BCUT2D eigenvalue weighted by Crippen LogP contribution is -2.52. The van der Waals surface area contributed by atoms with Gasteiger partial charge in [-0.05, 0) is 47.0 Å². The van der Waals surface area contributed by atoms with E-state index in [0.29, 0.717) is 36.2 Å². The molecule has 220 valence electrons. The average molecular weight is 596 g/mol. The largest absolute Gasteiger partial charge is 0.494 e. The quantitative estimate of drug-likeness (QED) is 0.125. The number of rotatable bonds is 13. The molecule has 43 heavy (non-hydrogen) atoms. The van der Waals surface area contributed by atoms with Crippen LogP contribution in [0.5, 0.6) is 5.75 Å². The van der Waals surface area contributed by atoms with Crippen LogP contribution in [-0.2, 0) is 16.1 Å². The monoisotopic (exact) mass is 595 g/mol. The molecule has 0 saturated carbocycles. The van der Waals surface area contributed by atoms with E-state index in [1.54, 1.807) is 0 Å². The minimum atomic E-state index is -1.31. The van der Waals surface area contributed by atoms with Crippen LogP contribution in [0.1, 0.15) is 41.2 Å². The Bertz CT molecular complexity index is 1540. The van der Waals surface area contributed by atoms with Gasteiger partial charge in [0.25, 0.3) is 5.91 Å². The highest BCUT2D eigenvalue weighted by molar-refractivity contribution is 6.31. The maximum atomic E-state index is 14.2. The molecule has 1 aliphatic rings. The third kappa shape index (κ3) is 7.51. The van der Waals surface area contributed by atoms with E-state index < -0.39 is 11.6 Å². The number of ether oxygens (including phenoxy) is 2. The van der Waals surface area contributed by atoms with Crippen LogP contribution in [0.25, 0.3) is 6.08 Å². The summed E-state index contributed by atoms with van der Waals surface area (Å²) in [4.78, 5) is 19.2. The van der Waals surface area contributed by atoms with Gasteiger partial charge in [0, 0.05) is 36.6 Å². The SMILES string of the molecule is O=C(NNCc1ccccc1Cl)[C@@]1(C/C=C/c2ccccc2)N=C(c2ccc(OCCCO)cc2)O[C@H]1c1ccccc1. The van der Waals surface area contributed by atoms with Gasteiger partial charge < -0.3 is 14.6 Å². The van der Waals surface area contributed by atoms with Gasteiger partial charge in [-0.3, -0.25) is 10.2 Å². The van der Waals surface area contributed by atoms with Crippen LogP contribution in [0.4, 0.5) is 0 Å². The molecular weight excluding hydrogens is 562 g/mol. The molecule has 1 heterocycles. The van der Waals surface area contributed by atoms with Gasteiger partial charge in [-0.25, -0.2) is 10.4 Å². The molecule has 0 bridgehead atoms. The summed E-state index contributed by atoms with van der Waals surface area (Å²) in [7, 11) is 0. The highest BCUT2D eigenvalue weighted by Crippen LogP contribution is 2.43. The van der Waals surface area contributed by atoms with Crippen LogP contribution < -0.4 is 15.6 Å². The summed E-state index contributed by atoms with van der Waals surface area (Å²) in [5.74, 6) is 0.712. The third-order valence-corrected chi connectivity index (χ3v) is 7.48. The number of nitrogens with one attached hydrogen (secondary N) is 2. The number of aliphatic hydroxyl groups is 1. The Morgan fingerprint density at radius 3 is 2.37 bits per heavy atom. The van der Waals surface area contributed by atoms with Gasteiger partial charge in [0.2, 0.25) is 5.90 Å². The Morgan fingerprint density at radius 2 is 1.65 bits per heavy atom. The lowest BCUT2D eigenvalue weighted by molar-refractivity contribution is -0.129. The molecule has 0 aromatic heterocycles. The van der Waals surface area contributed by atoms with Crippen molar-refractivity contribution in [2.45, 2.75) is 31.0 Å². The van der Waals surface area contributed by atoms with E-state index >= 15 is 0 Å². The second-order valence-corrected chi connectivity index (χ2v) is 10.5. The average Bonchev–Trinajstić information content (AvgIpc) is 3.44. The standard InChI is InChI=1S/C35H34ClN3O4/c36-31-17-8-7-16-29(31)25-37-39-34(41)35(22-9-13-26-11-3-1-4-12-26)32(27-14-5-2-6-15-27)43-33(38-35)28-18-20-30(21-19-28)42-24-10-23-40/h1-9,11-21,32,37,40H,10,22-25H2,(H,39,41)/b13-9+/t32-,35-/m0/s1. The van der Waals surface area contributed by atoms with Crippen LogP contribution in [-0.4, -0.2) is 35.7 Å². The molecule has 0 saturated heterocycles. The third-order valence-electron chi connectivity index (χ3n) is 7.11. The number of hydrogen-bond acceptors (Lipinski definition) is 6. The number of hydrogen-bond donors (Lipinski definition) is 3. The molecule has 1 amide bonds. The zero-order valence-electron chi connectivity index (χ0n) is 23.7. The van der Waals surface area contributed by atoms with Gasteiger partial charge >= 0.3 is 0 Å². The molecule has 4 aromatic carbocycles. The first-order chi connectivity index (χ1) is 21.1. The number of carbonyl (C=O) groups is 1. The predicted octanol–water partition coefficient (Wildman–Crippen LogP) is 6.28. The van der Waals surface area contributed by atoms with Crippen LogP contribution in [0.15, 0.2) is 120 Å². The number of benzene rings is 4. The van der Waals surface area contributed by atoms with E-state index in [0.717, 1.165) is 22.3 Å². The molecule has 4 aromatic rings. The van der Waals surface area contributed by atoms with Crippen molar-refractivity contribution in [3.8, 4) is 5.75 Å². The molecule has 1 aliphatic heterocycles. The van der Waals surface area contributed by atoms with Gasteiger partial charge in [-0.2, -0.15) is 0 Å². The fraction of sp³-hybridized carbons (Fsp3) is 0.200. The Hall–Kier alpha value is -4.43. The lowest BCUT2D eigenvalue weighted by Gasteiger charge is -2.29. The minimum Gasteiger partial charge on any atom is -0.494 e. The molecule has 7 nitrogen and oxygen atoms in total. The summed E-state index contributed by atoms with van der Waals surface area (Å²) < 4.78 is 12.2. The first-order valence-corrected chi connectivity index (χ1v) is 14.6. The van der Waals surface area contributed by atoms with Crippen molar-refractivity contribution in [2.24, 2.45) is 4.99 Å². The zero-order chi connectivity index (χ0) is 29.9. The Labute approximate surface area is 256 Å². The molecule has 3 N–H and O–H groups in total. The molecule has 8 heteroatoms. The summed E-state index contributed by atoms with van der Waals surface area (Å²) in [5.41, 5.74) is 8.05. The molecule has 5 rings (SSSR count). The smallest absolute Gasteiger partial charge is 0.266 e. The topological polar surface area (TPSA) is 92.2 Å². The molecule has 0 aliphatic carbocycles. The van der Waals surface area contributed by atoms with Gasteiger partial charge in [0.1, 0.15) is 5.75 Å². The Balaban J connectivity index is 1.47. The molecular formula is C35H34ClN3O4. The van der Waals surface area contributed by atoms with Gasteiger partial charge in [0.05, 0.1) is 6.61 Å². The second-order valence-electron chi connectivity index (χ2n) is 10.1. The fourth-order valence-electron chi connectivity index (χ4n) is 4.85. The van der Waals surface area contributed by atoms with E-state index in [1.165, 1.54) is 0 Å². The van der Waals surface area contributed by atoms with E-state index in [2.05, 4.69) is 10.9 Å². The number of carbonyl (C=O) groups excluding carboxylic acids is 1. The molecule has 0 fully saturated rings. The zero-order valence-corrected chi connectivity index (χ0v) is 24.4. The predicted molar refractivity (Wildman–Crippen MR) is 170 cm³/mol. The first kappa shape index (κ1) is 30.0. The van der Waals surface area contributed by atoms with Gasteiger partial charge in [-0.1, -0.05) is 103 Å². The van der Waals surface area contributed by atoms with Crippen LogP contribution in [0.3, 0.4) is 0 Å². The summed E-state index contributed by atoms with van der Waals surface area (Å²) in [6, 6.07) is 34.4. The number of halogens is 1. The number of amides is 1. The van der Waals surface area contributed by atoms with Crippen molar-refractivity contribution in [3.05, 3.63) is 143 Å². The minimum absolute atomic E-state index is 0.0692. The Morgan fingerprint density at radius 1 is 0.953 bits per heavy atom. The molecule has 0 spiro atoms. The van der Waals surface area contributed by atoms with Gasteiger partial charge in [-0.15, -0.1) is 0 Å². The van der Waals surface area contributed by atoms with Crippen molar-refractivity contribution < 1.29 is 19.4 Å². The van der Waals surface area contributed by atoms with Gasteiger partial charge in [0.15, 0.2) is 11.6 Å². The second kappa shape index (κ2) is 14.6. The summed E-state index contributed by atoms with van der Waals surface area (Å²) in [6.45, 7) is 0.827.